The Morgan fingerprint density at radius 1 is 0.610 bits per heavy atom. The lowest BCUT2D eigenvalue weighted by molar-refractivity contribution is -0.139. The molecule has 0 saturated heterocycles. The van der Waals surface area contributed by atoms with Gasteiger partial charge in [0.1, 0.15) is 6.04 Å². The first kappa shape index (κ1) is 39.5. The maximum absolute atomic E-state index is 12.1. The van der Waals surface area contributed by atoms with Gasteiger partial charge >= 0.3 is 11.9 Å². The molecule has 0 aliphatic carbocycles. The molecule has 0 saturated carbocycles. The largest absolute Gasteiger partial charge is 0.481 e. The van der Waals surface area contributed by atoms with Crippen molar-refractivity contribution in [3.63, 3.8) is 0 Å². The number of unbranched alkanes of at least 4 members (excludes halogenated alkanes) is 14. The Kier molecular flexibility index (Phi) is 25.2. The van der Waals surface area contributed by atoms with Gasteiger partial charge in [0.2, 0.25) is 21.8 Å². The molecule has 0 aromatic carbocycles. The molecule has 0 rings (SSSR count). The van der Waals surface area contributed by atoms with Crippen molar-refractivity contribution in [2.75, 3.05) is 12.3 Å². The number of halogens is 1. The standard InChI is InChI=1S/C28H52IN3O8S/c29-31-24(28(37)38)18-15-16-22-30-25(33)20-17-23-41(39,40)32-26(34)19-13-11-9-7-5-3-1-2-4-6-8-10-12-14-21-27(35)36/h24,31H,1-23H2,(H,30,33)(H,32,34)(H,35,36)(H,37,38)/t24-/m0/s1. The first-order chi connectivity index (χ1) is 19.6. The fourth-order valence-corrected chi connectivity index (χ4v) is 6.05. The normalized spacial score (nSPS) is 12.1. The van der Waals surface area contributed by atoms with E-state index < -0.39 is 33.9 Å². The zero-order chi connectivity index (χ0) is 30.8. The maximum Gasteiger partial charge on any atom is 0.321 e. The molecule has 240 valence electrons. The average Bonchev–Trinajstić information content (AvgIpc) is 2.89. The number of rotatable bonds is 29. The van der Waals surface area contributed by atoms with Gasteiger partial charge in [-0.05, 0) is 38.5 Å². The number of nitrogens with one attached hydrogen (secondary N) is 3. The summed E-state index contributed by atoms with van der Waals surface area (Å²) in [6.07, 6.45) is 17.4. The van der Waals surface area contributed by atoms with E-state index in [1.54, 1.807) is 22.9 Å². The third kappa shape index (κ3) is 27.1. The van der Waals surface area contributed by atoms with Crippen LogP contribution in [0.1, 0.15) is 135 Å². The highest BCUT2D eigenvalue weighted by atomic mass is 127. The second-order valence-electron chi connectivity index (χ2n) is 10.6. The molecule has 0 aromatic rings. The molecule has 0 aromatic heterocycles. The minimum atomic E-state index is -3.76. The third-order valence-electron chi connectivity index (χ3n) is 6.80. The Morgan fingerprint density at radius 3 is 1.54 bits per heavy atom. The predicted octanol–water partition coefficient (Wildman–Crippen LogP) is 5.22. The van der Waals surface area contributed by atoms with Crippen molar-refractivity contribution in [3.05, 3.63) is 0 Å². The number of amides is 2. The maximum atomic E-state index is 12.1. The molecular weight excluding hydrogens is 665 g/mol. The Balaban J connectivity index is 3.62. The summed E-state index contributed by atoms with van der Waals surface area (Å²) in [7, 11) is -3.76. The summed E-state index contributed by atoms with van der Waals surface area (Å²) < 4.78 is 29.0. The van der Waals surface area contributed by atoms with Gasteiger partial charge in [0.05, 0.1) is 5.75 Å². The molecule has 0 heterocycles. The van der Waals surface area contributed by atoms with Crippen LogP contribution in [-0.2, 0) is 29.2 Å². The van der Waals surface area contributed by atoms with Gasteiger partial charge in [0.25, 0.3) is 0 Å². The second kappa shape index (κ2) is 26.2. The zero-order valence-corrected chi connectivity index (χ0v) is 27.4. The SMILES string of the molecule is O=C(O)CCCCCCCCCCCCCCCCC(=O)NS(=O)(=O)CCCC(=O)NCCCC[C@H](NI)C(=O)O. The highest BCUT2D eigenvalue weighted by Crippen LogP contribution is 2.14. The average molecular weight is 718 g/mol. The van der Waals surface area contributed by atoms with Crippen molar-refractivity contribution in [1.29, 1.82) is 0 Å². The smallest absolute Gasteiger partial charge is 0.321 e. The van der Waals surface area contributed by atoms with Crippen molar-refractivity contribution in [1.82, 2.24) is 13.6 Å². The van der Waals surface area contributed by atoms with Crippen molar-refractivity contribution in [2.24, 2.45) is 0 Å². The van der Waals surface area contributed by atoms with Gasteiger partial charge in [-0.2, -0.15) is 0 Å². The van der Waals surface area contributed by atoms with Crippen LogP contribution in [0.3, 0.4) is 0 Å². The summed E-state index contributed by atoms with van der Waals surface area (Å²) in [6, 6.07) is -0.621. The molecule has 0 aliphatic heterocycles. The fraction of sp³-hybridized carbons (Fsp3) is 0.857. The first-order valence-corrected chi connectivity index (χ1v) is 17.9. The van der Waals surface area contributed by atoms with Crippen LogP contribution >= 0.6 is 22.9 Å². The number of carbonyl (C=O) groups excluding carboxylic acids is 2. The summed E-state index contributed by atoms with van der Waals surface area (Å²) >= 11 is 1.80. The quantitative estimate of drug-likeness (QED) is 0.0394. The lowest BCUT2D eigenvalue weighted by Crippen LogP contribution is -2.33. The van der Waals surface area contributed by atoms with Crippen molar-refractivity contribution >= 4 is 56.6 Å². The minimum absolute atomic E-state index is 0.0400. The third-order valence-corrected chi connectivity index (χ3v) is 8.92. The summed E-state index contributed by atoms with van der Waals surface area (Å²) in [5.41, 5.74) is 0. The molecule has 0 fully saturated rings. The van der Waals surface area contributed by atoms with Gasteiger partial charge in [-0.15, -0.1) is 0 Å². The highest BCUT2D eigenvalue weighted by molar-refractivity contribution is 14.1. The summed E-state index contributed by atoms with van der Waals surface area (Å²) in [6.45, 7) is 0.399. The van der Waals surface area contributed by atoms with Gasteiger partial charge in [-0.1, -0.05) is 77.0 Å². The molecule has 11 nitrogen and oxygen atoms in total. The summed E-state index contributed by atoms with van der Waals surface area (Å²) in [5, 5.41) is 20.3. The predicted molar refractivity (Wildman–Crippen MR) is 168 cm³/mol. The molecule has 5 N–H and O–H groups in total. The molecule has 13 heteroatoms. The van der Waals surface area contributed by atoms with Crippen LogP contribution in [0.5, 0.6) is 0 Å². The number of carboxylic acids is 2. The lowest BCUT2D eigenvalue weighted by atomic mass is 10.0. The van der Waals surface area contributed by atoms with E-state index >= 15 is 0 Å². The van der Waals surface area contributed by atoms with E-state index in [-0.39, 0.29) is 37.3 Å². The molecule has 0 aliphatic rings. The Hall–Kier alpha value is -1.48. The van der Waals surface area contributed by atoms with E-state index in [2.05, 4.69) is 13.6 Å². The number of carbonyl (C=O) groups is 4. The van der Waals surface area contributed by atoms with Crippen LogP contribution in [0.2, 0.25) is 0 Å². The van der Waals surface area contributed by atoms with E-state index in [0.29, 0.717) is 32.2 Å². The molecule has 41 heavy (non-hydrogen) atoms. The summed E-state index contributed by atoms with van der Waals surface area (Å²) in [4.78, 5) is 45.3. The topological polar surface area (TPSA) is 179 Å². The number of carboxylic acid groups (broad SMARTS) is 2. The highest BCUT2D eigenvalue weighted by Gasteiger charge is 2.16. The number of hydrogen-bond acceptors (Lipinski definition) is 7. The Bertz CT molecular complexity index is 842. The Morgan fingerprint density at radius 2 is 1.07 bits per heavy atom. The molecule has 2 amide bonds. The van der Waals surface area contributed by atoms with Gasteiger partial charge in [-0.3, -0.25) is 23.9 Å². The Labute approximate surface area is 260 Å². The van der Waals surface area contributed by atoms with Crippen LogP contribution in [-0.4, -0.2) is 60.7 Å². The van der Waals surface area contributed by atoms with Gasteiger partial charge in [0, 0.05) is 48.7 Å². The first-order valence-electron chi connectivity index (χ1n) is 15.2. The van der Waals surface area contributed by atoms with Crippen LogP contribution in [0.25, 0.3) is 0 Å². The van der Waals surface area contributed by atoms with E-state index in [0.717, 1.165) is 38.5 Å². The van der Waals surface area contributed by atoms with E-state index in [4.69, 9.17) is 10.2 Å². The van der Waals surface area contributed by atoms with Crippen molar-refractivity contribution in [2.45, 2.75) is 141 Å². The van der Waals surface area contributed by atoms with Crippen LogP contribution in [0.15, 0.2) is 0 Å². The molecule has 0 unspecified atom stereocenters. The number of sulfonamides is 1. The molecule has 0 bridgehead atoms. The van der Waals surface area contributed by atoms with Crippen molar-refractivity contribution in [3.8, 4) is 0 Å². The molecule has 0 radical (unpaired) electrons. The minimum Gasteiger partial charge on any atom is -0.481 e. The van der Waals surface area contributed by atoms with Gasteiger partial charge in [-0.25, -0.2) is 11.9 Å². The molecule has 0 spiro atoms. The van der Waals surface area contributed by atoms with Gasteiger partial charge in [0.15, 0.2) is 0 Å². The number of hydrogen-bond donors (Lipinski definition) is 5. The molecule has 1 atom stereocenters. The van der Waals surface area contributed by atoms with Crippen LogP contribution in [0, 0.1) is 0 Å². The van der Waals surface area contributed by atoms with E-state index in [1.807, 2.05) is 0 Å². The van der Waals surface area contributed by atoms with Crippen LogP contribution in [0.4, 0.5) is 0 Å². The van der Waals surface area contributed by atoms with Gasteiger partial charge < -0.3 is 15.5 Å². The van der Waals surface area contributed by atoms with Crippen LogP contribution < -0.4 is 13.6 Å². The monoisotopic (exact) mass is 717 g/mol. The fourth-order valence-electron chi connectivity index (χ4n) is 4.40. The summed E-state index contributed by atoms with van der Waals surface area (Å²) in [5.74, 6) is -2.69. The van der Waals surface area contributed by atoms with Crippen molar-refractivity contribution < 1.29 is 37.8 Å². The number of aliphatic carboxylic acids is 2. The zero-order valence-electron chi connectivity index (χ0n) is 24.5. The lowest BCUT2D eigenvalue weighted by Gasteiger charge is -2.10. The second-order valence-corrected chi connectivity index (χ2v) is 13.1. The molecular formula is C28H52IN3O8S. The van der Waals surface area contributed by atoms with E-state index in [1.165, 1.54) is 44.9 Å². The van der Waals surface area contributed by atoms with E-state index in [9.17, 15) is 27.6 Å².